The third kappa shape index (κ3) is 5.81. The van der Waals surface area contributed by atoms with Gasteiger partial charge in [0.15, 0.2) is 0 Å². The normalized spacial score (nSPS) is 12.1. The topological polar surface area (TPSA) is 101 Å². The number of halogens is 3. The molecule has 1 amide bonds. The van der Waals surface area contributed by atoms with Crippen molar-refractivity contribution in [2.45, 2.75) is 22.9 Å². The SMILES string of the molecule is CC(=O)Nc1ccc(-c2cccc(C(F)(F)F)c2)cc1N(S(=O)(=O)c1ccccc1)S(=O)(=O)c1ccccc1. The van der Waals surface area contributed by atoms with Gasteiger partial charge in [0.05, 0.1) is 26.7 Å². The lowest BCUT2D eigenvalue weighted by Crippen LogP contribution is -2.37. The van der Waals surface area contributed by atoms with Crippen LogP contribution in [0.3, 0.4) is 0 Å². The van der Waals surface area contributed by atoms with Crippen LogP contribution in [0.15, 0.2) is 113 Å². The molecular formula is C27H21F3N2O5S2. The van der Waals surface area contributed by atoms with Gasteiger partial charge in [-0.2, -0.15) is 16.9 Å². The second-order valence-electron chi connectivity index (χ2n) is 8.33. The second-order valence-corrected chi connectivity index (χ2v) is 12.1. The van der Waals surface area contributed by atoms with E-state index in [-0.39, 0.29) is 30.3 Å². The van der Waals surface area contributed by atoms with Crippen LogP contribution >= 0.6 is 0 Å². The fraction of sp³-hybridized carbons (Fsp3) is 0.0741. The van der Waals surface area contributed by atoms with Gasteiger partial charge in [-0.1, -0.05) is 54.6 Å². The maximum Gasteiger partial charge on any atom is 0.416 e. The zero-order valence-electron chi connectivity index (χ0n) is 20.3. The Morgan fingerprint density at radius 1 is 0.692 bits per heavy atom. The number of amides is 1. The van der Waals surface area contributed by atoms with Crippen LogP contribution in [0.1, 0.15) is 12.5 Å². The molecule has 0 aliphatic heterocycles. The summed E-state index contributed by atoms with van der Waals surface area (Å²) in [6.07, 6.45) is -4.64. The number of carbonyl (C=O) groups excluding carboxylic acids is 1. The van der Waals surface area contributed by atoms with Crippen molar-refractivity contribution in [1.82, 2.24) is 0 Å². The molecule has 0 aliphatic rings. The van der Waals surface area contributed by atoms with Crippen molar-refractivity contribution in [3.63, 3.8) is 0 Å². The van der Waals surface area contributed by atoms with E-state index in [1.165, 1.54) is 72.8 Å². The van der Waals surface area contributed by atoms with Gasteiger partial charge in [0.25, 0.3) is 20.0 Å². The van der Waals surface area contributed by atoms with Crippen LogP contribution in [0, 0.1) is 0 Å². The van der Waals surface area contributed by atoms with E-state index in [1.807, 2.05) is 0 Å². The molecule has 0 aromatic heterocycles. The number of carbonyl (C=O) groups is 1. The van der Waals surface area contributed by atoms with Crippen LogP contribution in [-0.2, 0) is 31.0 Å². The van der Waals surface area contributed by atoms with Crippen molar-refractivity contribution >= 4 is 37.3 Å². The van der Waals surface area contributed by atoms with Gasteiger partial charge in [-0.15, -0.1) is 0 Å². The summed E-state index contributed by atoms with van der Waals surface area (Å²) in [6, 6.07) is 21.6. The summed E-state index contributed by atoms with van der Waals surface area (Å²) in [4.78, 5) is 11.3. The van der Waals surface area contributed by atoms with Crippen molar-refractivity contribution < 1.29 is 34.8 Å². The van der Waals surface area contributed by atoms with Gasteiger partial charge in [-0.25, -0.2) is 16.8 Å². The van der Waals surface area contributed by atoms with E-state index in [9.17, 15) is 34.8 Å². The van der Waals surface area contributed by atoms with Crippen LogP contribution in [0.2, 0.25) is 0 Å². The Labute approximate surface area is 223 Å². The summed E-state index contributed by atoms with van der Waals surface area (Å²) in [5.41, 5.74) is -1.47. The summed E-state index contributed by atoms with van der Waals surface area (Å²) in [5.74, 6) is -0.628. The molecule has 12 heteroatoms. The standard InChI is InChI=1S/C27H21F3N2O5S2/c1-19(33)31-25-16-15-21(20-9-8-10-22(17-20)27(28,29)30)18-26(25)32(38(34,35)23-11-4-2-5-12-23)39(36,37)24-13-6-3-7-14-24/h2-18H,1H3,(H,31,33). The minimum absolute atomic E-state index is 0.0506. The molecule has 0 fully saturated rings. The molecule has 0 aliphatic carbocycles. The van der Waals surface area contributed by atoms with E-state index in [1.54, 1.807) is 12.1 Å². The highest BCUT2D eigenvalue weighted by atomic mass is 32.3. The first-order valence-corrected chi connectivity index (χ1v) is 14.2. The van der Waals surface area contributed by atoms with Crippen LogP contribution in [0.4, 0.5) is 24.5 Å². The Morgan fingerprint density at radius 2 is 1.21 bits per heavy atom. The molecule has 0 saturated carbocycles. The van der Waals surface area contributed by atoms with E-state index in [2.05, 4.69) is 5.32 Å². The van der Waals surface area contributed by atoms with Gasteiger partial charge in [-0.05, 0) is 59.7 Å². The predicted octanol–water partition coefficient (Wildman–Crippen LogP) is 5.92. The molecule has 7 nitrogen and oxygen atoms in total. The molecule has 0 bridgehead atoms. The Bertz CT molecular complexity index is 1660. The van der Waals surface area contributed by atoms with Crippen LogP contribution in [0.5, 0.6) is 0 Å². The Morgan fingerprint density at radius 3 is 1.69 bits per heavy atom. The fourth-order valence-electron chi connectivity index (χ4n) is 3.80. The van der Waals surface area contributed by atoms with Crippen molar-refractivity contribution in [3.8, 4) is 11.1 Å². The maximum atomic E-state index is 13.9. The molecule has 0 radical (unpaired) electrons. The van der Waals surface area contributed by atoms with Gasteiger partial charge < -0.3 is 5.32 Å². The summed E-state index contributed by atoms with van der Waals surface area (Å²) in [7, 11) is -9.67. The minimum atomic E-state index is -4.83. The highest BCUT2D eigenvalue weighted by Crippen LogP contribution is 2.40. The molecule has 4 rings (SSSR count). The van der Waals surface area contributed by atoms with Crippen LogP contribution in [0.25, 0.3) is 11.1 Å². The van der Waals surface area contributed by atoms with Crippen molar-refractivity contribution in [3.05, 3.63) is 109 Å². The van der Waals surface area contributed by atoms with Crippen molar-refractivity contribution in [2.24, 2.45) is 0 Å². The number of benzene rings is 4. The van der Waals surface area contributed by atoms with Gasteiger partial charge in [-0.3, -0.25) is 4.79 Å². The number of sulfonamides is 2. The first kappa shape index (κ1) is 27.9. The molecule has 0 unspecified atom stereocenters. The summed E-state index contributed by atoms with van der Waals surface area (Å²) < 4.78 is 95.9. The van der Waals surface area contributed by atoms with Gasteiger partial charge >= 0.3 is 6.18 Å². The lowest BCUT2D eigenvalue weighted by atomic mass is 10.0. The van der Waals surface area contributed by atoms with Crippen LogP contribution < -0.4 is 9.03 Å². The smallest absolute Gasteiger partial charge is 0.324 e. The molecule has 0 atom stereocenters. The number of nitrogens with one attached hydrogen (secondary N) is 1. The summed E-state index contributed by atoms with van der Waals surface area (Å²) in [5, 5.41) is 2.43. The monoisotopic (exact) mass is 574 g/mol. The third-order valence-corrected chi connectivity index (χ3v) is 9.73. The van der Waals surface area contributed by atoms with Gasteiger partial charge in [0.2, 0.25) is 5.91 Å². The molecule has 4 aromatic rings. The zero-order chi connectivity index (χ0) is 28.4. The first-order chi connectivity index (χ1) is 18.3. The number of anilines is 2. The number of rotatable bonds is 7. The third-order valence-electron chi connectivity index (χ3n) is 5.55. The lowest BCUT2D eigenvalue weighted by molar-refractivity contribution is -0.137. The number of hydrogen-bond acceptors (Lipinski definition) is 5. The molecule has 0 heterocycles. The highest BCUT2D eigenvalue weighted by Gasteiger charge is 2.39. The molecule has 1 N–H and O–H groups in total. The maximum absolute atomic E-state index is 13.9. The Balaban J connectivity index is 2.04. The Kier molecular flexibility index (Phi) is 7.53. The van der Waals surface area contributed by atoms with E-state index in [0.717, 1.165) is 25.1 Å². The van der Waals surface area contributed by atoms with E-state index >= 15 is 0 Å². The number of nitrogens with zero attached hydrogens (tertiary/aromatic N) is 1. The molecule has 0 saturated heterocycles. The fourth-order valence-corrected chi connectivity index (χ4v) is 7.55. The zero-order valence-corrected chi connectivity index (χ0v) is 21.9. The molecule has 0 spiro atoms. The second kappa shape index (κ2) is 10.5. The minimum Gasteiger partial charge on any atom is -0.324 e. The van der Waals surface area contributed by atoms with E-state index in [0.29, 0.717) is 0 Å². The van der Waals surface area contributed by atoms with E-state index < -0.39 is 43.4 Å². The number of alkyl halides is 3. The lowest BCUT2D eigenvalue weighted by Gasteiger charge is -2.27. The van der Waals surface area contributed by atoms with Gasteiger partial charge in [0.1, 0.15) is 0 Å². The van der Waals surface area contributed by atoms with Crippen molar-refractivity contribution in [2.75, 3.05) is 9.03 Å². The van der Waals surface area contributed by atoms with Crippen molar-refractivity contribution in [1.29, 1.82) is 0 Å². The summed E-state index contributed by atoms with van der Waals surface area (Å²) >= 11 is 0. The molecule has 39 heavy (non-hydrogen) atoms. The average molecular weight is 575 g/mol. The van der Waals surface area contributed by atoms with E-state index in [4.69, 9.17) is 0 Å². The number of hydrogen-bond donors (Lipinski definition) is 1. The largest absolute Gasteiger partial charge is 0.416 e. The molecule has 202 valence electrons. The van der Waals surface area contributed by atoms with Gasteiger partial charge in [0, 0.05) is 6.92 Å². The Hall–Kier alpha value is -4.16. The molecule has 4 aromatic carbocycles. The molecular weight excluding hydrogens is 553 g/mol. The predicted molar refractivity (Wildman–Crippen MR) is 141 cm³/mol. The van der Waals surface area contributed by atoms with Crippen LogP contribution in [-0.4, -0.2) is 22.7 Å². The highest BCUT2D eigenvalue weighted by molar-refractivity contribution is 8.10. The quantitative estimate of drug-likeness (QED) is 0.296. The first-order valence-electron chi connectivity index (χ1n) is 11.3. The summed E-state index contributed by atoms with van der Waals surface area (Å²) in [6.45, 7) is 1.15. The average Bonchev–Trinajstić information content (AvgIpc) is 2.90.